The van der Waals surface area contributed by atoms with Crippen molar-refractivity contribution in [1.29, 1.82) is 0 Å². The van der Waals surface area contributed by atoms with Gasteiger partial charge < -0.3 is 0 Å². The average molecular weight is 288 g/mol. The third-order valence-corrected chi connectivity index (χ3v) is 4.89. The van der Waals surface area contributed by atoms with Crippen LogP contribution in [-0.2, 0) is 11.8 Å². The van der Waals surface area contributed by atoms with Crippen molar-refractivity contribution in [2.45, 2.75) is 73.1 Å². The Hall–Kier alpha value is -1.11. The second-order valence-electron chi connectivity index (χ2n) is 8.08. The topological polar surface area (TPSA) is 17.1 Å². The molecule has 118 valence electrons. The lowest BCUT2D eigenvalue weighted by molar-refractivity contribution is 0.112. The first-order valence-electron chi connectivity index (χ1n) is 8.21. The second-order valence-corrected chi connectivity index (χ2v) is 8.08. The molecule has 1 atom stereocenters. The van der Waals surface area contributed by atoms with E-state index in [1.54, 1.807) is 0 Å². The minimum atomic E-state index is 0.0724. The summed E-state index contributed by atoms with van der Waals surface area (Å²) in [5, 5.41) is 0. The SMILES string of the molecule is CCCC(C)(C)C(C)Cc1c(C=O)cccc1C(C)(C)C. The van der Waals surface area contributed by atoms with Gasteiger partial charge in [0.05, 0.1) is 0 Å². The number of aldehydes is 1. The van der Waals surface area contributed by atoms with Gasteiger partial charge in [-0.1, -0.05) is 73.1 Å². The maximum atomic E-state index is 11.5. The monoisotopic (exact) mass is 288 g/mol. The van der Waals surface area contributed by atoms with Gasteiger partial charge in [-0.3, -0.25) is 4.79 Å². The van der Waals surface area contributed by atoms with E-state index in [1.165, 1.54) is 24.0 Å². The van der Waals surface area contributed by atoms with E-state index in [0.29, 0.717) is 11.3 Å². The lowest BCUT2D eigenvalue weighted by atomic mass is 9.71. The van der Waals surface area contributed by atoms with Gasteiger partial charge in [0.1, 0.15) is 6.29 Å². The molecule has 0 fully saturated rings. The van der Waals surface area contributed by atoms with Crippen LogP contribution in [0.5, 0.6) is 0 Å². The predicted octanol–water partition coefficient (Wildman–Crippen LogP) is 5.80. The summed E-state index contributed by atoms with van der Waals surface area (Å²) in [7, 11) is 0. The Kier molecular flexibility index (Phi) is 5.78. The third-order valence-electron chi connectivity index (χ3n) is 4.89. The van der Waals surface area contributed by atoms with Crippen molar-refractivity contribution in [3.8, 4) is 0 Å². The zero-order valence-electron chi connectivity index (χ0n) is 14.9. The fourth-order valence-corrected chi connectivity index (χ4v) is 3.12. The molecule has 1 unspecified atom stereocenters. The highest BCUT2D eigenvalue weighted by Gasteiger charge is 2.28. The maximum Gasteiger partial charge on any atom is 0.150 e. The summed E-state index contributed by atoms with van der Waals surface area (Å²) in [6, 6.07) is 6.15. The van der Waals surface area contributed by atoms with E-state index in [2.05, 4.69) is 54.5 Å². The van der Waals surface area contributed by atoms with Crippen LogP contribution in [0.25, 0.3) is 0 Å². The average Bonchev–Trinajstić information content (AvgIpc) is 2.37. The number of benzene rings is 1. The zero-order chi connectivity index (χ0) is 16.3. The standard InChI is InChI=1S/C20H32O/c1-8-12-20(6,7)15(2)13-17-16(14-21)10-9-11-18(17)19(3,4)5/h9-11,14-15H,8,12-13H2,1-7H3. The minimum Gasteiger partial charge on any atom is -0.298 e. The Morgan fingerprint density at radius 1 is 1.14 bits per heavy atom. The molecule has 1 nitrogen and oxygen atoms in total. The van der Waals surface area contributed by atoms with Gasteiger partial charge >= 0.3 is 0 Å². The summed E-state index contributed by atoms with van der Waals surface area (Å²) in [6.07, 6.45) is 4.43. The van der Waals surface area contributed by atoms with Crippen LogP contribution in [0.3, 0.4) is 0 Å². The van der Waals surface area contributed by atoms with Crippen LogP contribution in [0.1, 0.15) is 82.8 Å². The highest BCUT2D eigenvalue weighted by Crippen LogP contribution is 2.37. The Labute approximate surface area is 131 Å². The molecule has 1 heteroatoms. The Bertz CT molecular complexity index is 477. The summed E-state index contributed by atoms with van der Waals surface area (Å²) in [5.41, 5.74) is 3.80. The minimum absolute atomic E-state index is 0.0724. The predicted molar refractivity (Wildman–Crippen MR) is 92.1 cm³/mol. The van der Waals surface area contributed by atoms with E-state index >= 15 is 0 Å². The van der Waals surface area contributed by atoms with Crippen LogP contribution in [0, 0.1) is 11.3 Å². The fourth-order valence-electron chi connectivity index (χ4n) is 3.12. The van der Waals surface area contributed by atoms with Crippen molar-refractivity contribution < 1.29 is 4.79 Å². The van der Waals surface area contributed by atoms with Gasteiger partial charge in [-0.05, 0) is 40.7 Å². The van der Waals surface area contributed by atoms with Crippen LogP contribution >= 0.6 is 0 Å². The van der Waals surface area contributed by atoms with E-state index in [-0.39, 0.29) is 5.41 Å². The van der Waals surface area contributed by atoms with Crippen molar-refractivity contribution in [3.63, 3.8) is 0 Å². The highest BCUT2D eigenvalue weighted by molar-refractivity contribution is 5.78. The summed E-state index contributed by atoms with van der Waals surface area (Å²) >= 11 is 0. The number of rotatable bonds is 6. The molecule has 0 radical (unpaired) electrons. The number of carbonyl (C=O) groups is 1. The van der Waals surface area contributed by atoms with Crippen molar-refractivity contribution in [3.05, 3.63) is 34.9 Å². The van der Waals surface area contributed by atoms with Crippen LogP contribution in [0.4, 0.5) is 0 Å². The molecule has 0 saturated carbocycles. The van der Waals surface area contributed by atoms with E-state index in [1.807, 2.05) is 12.1 Å². The van der Waals surface area contributed by atoms with Gasteiger partial charge in [0.15, 0.2) is 0 Å². The first-order chi connectivity index (χ1) is 9.63. The summed E-state index contributed by atoms with van der Waals surface area (Å²) < 4.78 is 0. The van der Waals surface area contributed by atoms with Crippen molar-refractivity contribution in [1.82, 2.24) is 0 Å². The quantitative estimate of drug-likeness (QED) is 0.604. The van der Waals surface area contributed by atoms with Gasteiger partial charge in [0.25, 0.3) is 0 Å². The van der Waals surface area contributed by atoms with Crippen molar-refractivity contribution >= 4 is 6.29 Å². The molecule has 1 rings (SSSR count). The summed E-state index contributed by atoms with van der Waals surface area (Å²) in [5.74, 6) is 0.555. The molecule has 0 N–H and O–H groups in total. The largest absolute Gasteiger partial charge is 0.298 e. The van der Waals surface area contributed by atoms with Crippen LogP contribution in [-0.4, -0.2) is 6.29 Å². The number of carbonyl (C=O) groups excluding carboxylic acids is 1. The molecule has 0 aromatic heterocycles. The summed E-state index contributed by atoms with van der Waals surface area (Å²) in [6.45, 7) is 15.9. The maximum absolute atomic E-state index is 11.5. The molecule has 0 bridgehead atoms. The molecular formula is C20H32O. The van der Waals surface area contributed by atoms with Gasteiger partial charge in [-0.15, -0.1) is 0 Å². The molecule has 0 aliphatic rings. The molecule has 0 spiro atoms. The molecule has 1 aromatic rings. The van der Waals surface area contributed by atoms with Gasteiger partial charge in [0, 0.05) is 5.56 Å². The van der Waals surface area contributed by atoms with E-state index in [0.717, 1.165) is 18.3 Å². The lowest BCUT2D eigenvalue weighted by Crippen LogP contribution is -2.25. The van der Waals surface area contributed by atoms with E-state index in [9.17, 15) is 4.79 Å². The number of hydrogen-bond donors (Lipinski definition) is 0. The highest BCUT2D eigenvalue weighted by atomic mass is 16.1. The summed E-state index contributed by atoms with van der Waals surface area (Å²) in [4.78, 5) is 11.5. The van der Waals surface area contributed by atoms with E-state index < -0.39 is 0 Å². The second kappa shape index (κ2) is 6.77. The Morgan fingerprint density at radius 2 is 1.76 bits per heavy atom. The molecule has 0 saturated heterocycles. The van der Waals surface area contributed by atoms with E-state index in [4.69, 9.17) is 0 Å². The first-order valence-corrected chi connectivity index (χ1v) is 8.21. The van der Waals surface area contributed by atoms with Crippen molar-refractivity contribution in [2.24, 2.45) is 11.3 Å². The van der Waals surface area contributed by atoms with Crippen LogP contribution in [0.2, 0.25) is 0 Å². The third kappa shape index (κ3) is 4.43. The molecule has 1 aromatic carbocycles. The van der Waals surface area contributed by atoms with Gasteiger partial charge in [0.2, 0.25) is 0 Å². The number of hydrogen-bond acceptors (Lipinski definition) is 1. The van der Waals surface area contributed by atoms with Crippen LogP contribution in [0.15, 0.2) is 18.2 Å². The lowest BCUT2D eigenvalue weighted by Gasteiger charge is -2.34. The molecule has 0 aliphatic carbocycles. The molecule has 0 aliphatic heterocycles. The molecule has 0 amide bonds. The normalized spacial score (nSPS) is 14.0. The first kappa shape index (κ1) is 17.9. The smallest absolute Gasteiger partial charge is 0.150 e. The van der Waals surface area contributed by atoms with Gasteiger partial charge in [-0.2, -0.15) is 0 Å². The fraction of sp³-hybridized carbons (Fsp3) is 0.650. The van der Waals surface area contributed by atoms with Crippen molar-refractivity contribution in [2.75, 3.05) is 0 Å². The Balaban J connectivity index is 3.20. The zero-order valence-corrected chi connectivity index (χ0v) is 14.9. The molecule has 0 heterocycles. The Morgan fingerprint density at radius 3 is 2.24 bits per heavy atom. The molecule has 21 heavy (non-hydrogen) atoms. The molecular weight excluding hydrogens is 256 g/mol. The van der Waals surface area contributed by atoms with Gasteiger partial charge in [-0.25, -0.2) is 0 Å². The van der Waals surface area contributed by atoms with Crippen LogP contribution < -0.4 is 0 Å².